The van der Waals surface area contributed by atoms with Gasteiger partial charge in [0.1, 0.15) is 5.75 Å². The summed E-state index contributed by atoms with van der Waals surface area (Å²) in [4.78, 5) is 15.5. The van der Waals surface area contributed by atoms with Crippen molar-refractivity contribution in [3.8, 4) is 11.4 Å². The van der Waals surface area contributed by atoms with Crippen LogP contribution in [0, 0.1) is 0 Å². The third-order valence-corrected chi connectivity index (χ3v) is 4.75. The Kier molecular flexibility index (Phi) is 5.99. The van der Waals surface area contributed by atoms with Gasteiger partial charge in [-0.05, 0) is 48.5 Å². The molecule has 0 unspecified atom stereocenters. The molecule has 0 amide bonds. The fourth-order valence-electron chi connectivity index (χ4n) is 3.24. The number of carbonyl (C=O) groups excluding carboxylic acids is 1. The molecule has 4 rings (SSSR count). The van der Waals surface area contributed by atoms with Gasteiger partial charge in [-0.15, -0.1) is 28.2 Å². The summed E-state index contributed by atoms with van der Waals surface area (Å²) in [5.74, 6) is -0.424. The highest BCUT2D eigenvalue weighted by atomic mass is 19.4. The molecule has 1 aliphatic heterocycles. The number of rotatable bonds is 6. The highest BCUT2D eigenvalue weighted by Gasteiger charge is 2.31. The molecule has 0 spiro atoms. The Hall–Kier alpha value is -3.60. The molecule has 1 N–H and O–H groups in total. The van der Waals surface area contributed by atoms with E-state index in [0.717, 1.165) is 30.9 Å². The van der Waals surface area contributed by atoms with Gasteiger partial charge in [-0.3, -0.25) is 4.79 Å². The molecule has 32 heavy (non-hydrogen) atoms. The van der Waals surface area contributed by atoms with E-state index in [-0.39, 0.29) is 23.0 Å². The van der Waals surface area contributed by atoms with Gasteiger partial charge in [-0.25, -0.2) is 0 Å². The van der Waals surface area contributed by atoms with Crippen LogP contribution in [0.25, 0.3) is 5.69 Å². The fourth-order valence-corrected chi connectivity index (χ4v) is 3.24. The van der Waals surface area contributed by atoms with Crippen LogP contribution in [-0.4, -0.2) is 53.4 Å². The van der Waals surface area contributed by atoms with Crippen LogP contribution >= 0.6 is 0 Å². The number of benzene rings is 2. The predicted molar refractivity (Wildman–Crippen MR) is 111 cm³/mol. The number of halogens is 3. The van der Waals surface area contributed by atoms with E-state index in [2.05, 4.69) is 25.2 Å². The van der Waals surface area contributed by atoms with Gasteiger partial charge in [-0.1, -0.05) is 0 Å². The molecule has 1 aliphatic rings. The number of ketones is 1. The maximum Gasteiger partial charge on any atom is 0.573 e. The van der Waals surface area contributed by atoms with Crippen LogP contribution in [0.4, 0.5) is 30.4 Å². The summed E-state index contributed by atoms with van der Waals surface area (Å²) < 4.78 is 46.3. The fraction of sp³-hybridized carbons (Fsp3) is 0.286. The summed E-state index contributed by atoms with van der Waals surface area (Å²) in [5, 5.41) is 11.6. The number of aromatic nitrogens is 3. The predicted octanol–water partition coefficient (Wildman–Crippen LogP) is 3.95. The Morgan fingerprint density at radius 1 is 1.00 bits per heavy atom. The summed E-state index contributed by atoms with van der Waals surface area (Å²) in [6.07, 6.45) is -4.78. The minimum atomic E-state index is -4.78. The van der Waals surface area contributed by atoms with Gasteiger partial charge in [-0.2, -0.15) is 0 Å². The lowest BCUT2D eigenvalue weighted by Gasteiger charge is -2.28. The Morgan fingerprint density at radius 3 is 2.22 bits per heavy atom. The molecule has 0 radical (unpaired) electrons. The molecule has 3 aromatic rings. The largest absolute Gasteiger partial charge is 0.573 e. The number of carbonyl (C=O) groups is 1. The summed E-state index contributed by atoms with van der Waals surface area (Å²) >= 11 is 0. The zero-order chi connectivity index (χ0) is 22.7. The van der Waals surface area contributed by atoms with Crippen molar-refractivity contribution in [3.63, 3.8) is 0 Å². The number of anilines is 3. The average molecular weight is 447 g/mol. The zero-order valence-electron chi connectivity index (χ0n) is 17.1. The number of ether oxygens (including phenoxy) is 2. The van der Waals surface area contributed by atoms with Gasteiger partial charge in [0, 0.05) is 31.4 Å². The first-order chi connectivity index (χ1) is 15.3. The number of morpholine rings is 1. The van der Waals surface area contributed by atoms with Crippen LogP contribution < -0.4 is 15.0 Å². The lowest BCUT2D eigenvalue weighted by atomic mass is 10.2. The van der Waals surface area contributed by atoms with Gasteiger partial charge in [0.15, 0.2) is 17.3 Å². The standard InChI is InChI=1S/C21H20F3N5O3/c1-14(30)19-20(25-15-2-4-16(5-3-15)28-10-12-31-13-11-28)27-29(26-19)17-6-8-18(9-7-17)32-21(22,23)24/h2-9H,10-13H2,1H3,(H,25,27). The summed E-state index contributed by atoms with van der Waals surface area (Å²) in [6.45, 7) is 4.38. The molecule has 0 saturated carbocycles. The molecule has 1 saturated heterocycles. The van der Waals surface area contributed by atoms with Crippen molar-refractivity contribution in [2.24, 2.45) is 0 Å². The van der Waals surface area contributed by atoms with E-state index in [1.165, 1.54) is 23.9 Å². The SMILES string of the molecule is CC(=O)c1nn(-c2ccc(OC(F)(F)F)cc2)nc1Nc1ccc(N2CCOCC2)cc1. The van der Waals surface area contributed by atoms with E-state index in [9.17, 15) is 18.0 Å². The van der Waals surface area contributed by atoms with Crippen LogP contribution in [0.3, 0.4) is 0 Å². The quantitative estimate of drug-likeness (QED) is 0.573. The topological polar surface area (TPSA) is 81.5 Å². The maximum absolute atomic E-state index is 12.3. The smallest absolute Gasteiger partial charge is 0.406 e. The molecule has 11 heteroatoms. The lowest BCUT2D eigenvalue weighted by Crippen LogP contribution is -2.36. The number of hydrogen-bond acceptors (Lipinski definition) is 7. The molecular formula is C21H20F3N5O3. The maximum atomic E-state index is 12.3. The van der Waals surface area contributed by atoms with E-state index in [1.807, 2.05) is 24.3 Å². The number of nitrogens with one attached hydrogen (secondary N) is 1. The highest BCUT2D eigenvalue weighted by Crippen LogP contribution is 2.25. The molecule has 0 aliphatic carbocycles. The molecule has 168 valence electrons. The highest BCUT2D eigenvalue weighted by molar-refractivity contribution is 5.97. The van der Waals surface area contributed by atoms with Crippen LogP contribution in [0.1, 0.15) is 17.4 Å². The van der Waals surface area contributed by atoms with Crippen molar-refractivity contribution in [3.05, 3.63) is 54.2 Å². The summed E-state index contributed by atoms with van der Waals surface area (Å²) in [6, 6.07) is 12.7. The Balaban J connectivity index is 1.52. The first-order valence-corrected chi connectivity index (χ1v) is 9.83. The molecule has 0 bridgehead atoms. The van der Waals surface area contributed by atoms with E-state index < -0.39 is 6.36 Å². The van der Waals surface area contributed by atoms with E-state index in [0.29, 0.717) is 24.6 Å². The Morgan fingerprint density at radius 2 is 1.62 bits per heavy atom. The summed E-state index contributed by atoms with van der Waals surface area (Å²) in [7, 11) is 0. The molecule has 1 fully saturated rings. The molecule has 8 nitrogen and oxygen atoms in total. The van der Waals surface area contributed by atoms with Crippen LogP contribution in [0.5, 0.6) is 5.75 Å². The zero-order valence-corrected chi connectivity index (χ0v) is 17.1. The lowest BCUT2D eigenvalue weighted by molar-refractivity contribution is -0.274. The average Bonchev–Trinajstić information content (AvgIpc) is 3.18. The molecule has 2 heterocycles. The first kappa shape index (κ1) is 21.6. The minimum Gasteiger partial charge on any atom is -0.406 e. The minimum absolute atomic E-state index is 0.109. The van der Waals surface area contributed by atoms with E-state index >= 15 is 0 Å². The summed E-state index contributed by atoms with van der Waals surface area (Å²) in [5.41, 5.74) is 2.26. The van der Waals surface area contributed by atoms with Gasteiger partial charge in [0.2, 0.25) is 0 Å². The van der Waals surface area contributed by atoms with Crippen LogP contribution in [-0.2, 0) is 4.74 Å². The second kappa shape index (κ2) is 8.87. The van der Waals surface area contributed by atoms with Gasteiger partial charge >= 0.3 is 6.36 Å². The first-order valence-electron chi connectivity index (χ1n) is 9.83. The normalized spacial score (nSPS) is 14.3. The Bertz CT molecular complexity index is 1080. The third kappa shape index (κ3) is 5.17. The van der Waals surface area contributed by atoms with Crippen molar-refractivity contribution in [1.29, 1.82) is 0 Å². The van der Waals surface area contributed by atoms with Crippen molar-refractivity contribution < 1.29 is 27.4 Å². The molecular weight excluding hydrogens is 427 g/mol. The third-order valence-electron chi connectivity index (χ3n) is 4.75. The number of Topliss-reactive ketones (excluding diaryl/α,β-unsaturated/α-hetero) is 1. The van der Waals surface area contributed by atoms with E-state index in [1.54, 1.807) is 0 Å². The van der Waals surface area contributed by atoms with Crippen molar-refractivity contribution in [2.45, 2.75) is 13.3 Å². The Labute approximate surface area is 181 Å². The number of hydrogen-bond donors (Lipinski definition) is 1. The van der Waals surface area contributed by atoms with Crippen molar-refractivity contribution in [1.82, 2.24) is 15.0 Å². The van der Waals surface area contributed by atoms with Crippen molar-refractivity contribution >= 4 is 23.0 Å². The second-order valence-corrected chi connectivity index (χ2v) is 7.06. The van der Waals surface area contributed by atoms with Gasteiger partial charge < -0.3 is 19.7 Å². The number of nitrogens with zero attached hydrogens (tertiary/aromatic N) is 4. The molecule has 1 aromatic heterocycles. The van der Waals surface area contributed by atoms with E-state index in [4.69, 9.17) is 4.74 Å². The van der Waals surface area contributed by atoms with Crippen LogP contribution in [0.15, 0.2) is 48.5 Å². The second-order valence-electron chi connectivity index (χ2n) is 7.06. The van der Waals surface area contributed by atoms with Gasteiger partial charge in [0.05, 0.1) is 18.9 Å². The van der Waals surface area contributed by atoms with Crippen LogP contribution in [0.2, 0.25) is 0 Å². The monoisotopic (exact) mass is 447 g/mol. The molecule has 0 atom stereocenters. The van der Waals surface area contributed by atoms with Crippen molar-refractivity contribution in [2.75, 3.05) is 36.5 Å². The van der Waals surface area contributed by atoms with Gasteiger partial charge in [0.25, 0.3) is 0 Å². The molecule has 2 aromatic carbocycles. The number of alkyl halides is 3.